The third-order valence-electron chi connectivity index (χ3n) is 2.76. The predicted octanol–water partition coefficient (Wildman–Crippen LogP) is 1.68. The Labute approximate surface area is 88.6 Å². The minimum Gasteiger partial charge on any atom is -0.369 e. The summed E-state index contributed by atoms with van der Waals surface area (Å²) in [6, 6.07) is 6.52. The van der Waals surface area contributed by atoms with Gasteiger partial charge in [-0.3, -0.25) is 4.84 Å². The van der Waals surface area contributed by atoms with Gasteiger partial charge in [0, 0.05) is 18.8 Å². The highest BCUT2D eigenvalue weighted by Gasteiger charge is 2.19. The van der Waals surface area contributed by atoms with E-state index in [9.17, 15) is 4.39 Å². The molecular weight excluding hydrogens is 195 g/mol. The maximum absolute atomic E-state index is 12.7. The summed E-state index contributed by atoms with van der Waals surface area (Å²) in [6.45, 7) is 1.76. The standard InChI is InChI=1S/C11H15FN2O/c12-9-3-5-10(6-4-9)14-7-1-2-11(8-14)15-13/h3-6,11H,1-2,7-8,13H2. The van der Waals surface area contributed by atoms with E-state index >= 15 is 0 Å². The molecule has 3 nitrogen and oxygen atoms in total. The van der Waals surface area contributed by atoms with Crippen LogP contribution in [0.2, 0.25) is 0 Å². The molecule has 4 heteroatoms. The van der Waals surface area contributed by atoms with Crippen molar-refractivity contribution in [1.29, 1.82) is 0 Å². The van der Waals surface area contributed by atoms with Gasteiger partial charge in [0.2, 0.25) is 0 Å². The van der Waals surface area contributed by atoms with Crippen molar-refractivity contribution >= 4 is 5.69 Å². The number of halogens is 1. The maximum Gasteiger partial charge on any atom is 0.123 e. The van der Waals surface area contributed by atoms with Crippen LogP contribution in [0.4, 0.5) is 10.1 Å². The predicted molar refractivity (Wildman–Crippen MR) is 56.9 cm³/mol. The van der Waals surface area contributed by atoms with E-state index < -0.39 is 0 Å². The van der Waals surface area contributed by atoms with Gasteiger partial charge in [0.1, 0.15) is 5.82 Å². The molecule has 1 unspecified atom stereocenters. The minimum atomic E-state index is -0.206. The van der Waals surface area contributed by atoms with Gasteiger partial charge < -0.3 is 4.90 Å². The van der Waals surface area contributed by atoms with Crippen molar-refractivity contribution in [3.63, 3.8) is 0 Å². The molecule has 0 aliphatic carbocycles. The Morgan fingerprint density at radius 3 is 2.73 bits per heavy atom. The van der Waals surface area contributed by atoms with Crippen LogP contribution in [0.5, 0.6) is 0 Å². The second-order valence-corrected chi connectivity index (χ2v) is 3.82. The molecule has 2 N–H and O–H groups in total. The van der Waals surface area contributed by atoms with Crippen LogP contribution >= 0.6 is 0 Å². The van der Waals surface area contributed by atoms with Gasteiger partial charge in [-0.1, -0.05) is 0 Å². The molecule has 1 heterocycles. The van der Waals surface area contributed by atoms with Crippen LogP contribution in [0.3, 0.4) is 0 Å². The van der Waals surface area contributed by atoms with Crippen LogP contribution in [0.1, 0.15) is 12.8 Å². The van der Waals surface area contributed by atoms with E-state index in [0.717, 1.165) is 31.6 Å². The molecule has 1 saturated heterocycles. The summed E-state index contributed by atoms with van der Waals surface area (Å²) < 4.78 is 12.7. The second-order valence-electron chi connectivity index (χ2n) is 3.82. The molecular formula is C11H15FN2O. The van der Waals surface area contributed by atoms with Gasteiger partial charge in [0.25, 0.3) is 0 Å². The summed E-state index contributed by atoms with van der Waals surface area (Å²) in [7, 11) is 0. The Balaban J connectivity index is 2.06. The Bertz CT molecular complexity index is 315. The lowest BCUT2D eigenvalue weighted by Crippen LogP contribution is -2.40. The fraction of sp³-hybridized carbons (Fsp3) is 0.455. The third kappa shape index (κ3) is 2.46. The van der Waals surface area contributed by atoms with Crippen LogP contribution in [0.15, 0.2) is 24.3 Å². The molecule has 0 spiro atoms. The topological polar surface area (TPSA) is 38.5 Å². The normalized spacial score (nSPS) is 21.7. The van der Waals surface area contributed by atoms with Crippen LogP contribution in [-0.2, 0) is 4.84 Å². The number of benzene rings is 1. The van der Waals surface area contributed by atoms with Gasteiger partial charge in [0.15, 0.2) is 0 Å². The Morgan fingerprint density at radius 1 is 1.33 bits per heavy atom. The molecule has 0 radical (unpaired) electrons. The quantitative estimate of drug-likeness (QED) is 0.755. The van der Waals surface area contributed by atoms with Gasteiger partial charge >= 0.3 is 0 Å². The number of hydrogen-bond donors (Lipinski definition) is 1. The van der Waals surface area contributed by atoms with Crippen LogP contribution in [0, 0.1) is 5.82 Å². The van der Waals surface area contributed by atoms with E-state index in [1.807, 2.05) is 0 Å². The number of rotatable bonds is 2. The van der Waals surface area contributed by atoms with E-state index in [1.165, 1.54) is 12.1 Å². The van der Waals surface area contributed by atoms with Gasteiger partial charge in [-0.25, -0.2) is 10.3 Å². The van der Waals surface area contributed by atoms with Crippen molar-refractivity contribution in [2.75, 3.05) is 18.0 Å². The van der Waals surface area contributed by atoms with E-state index in [1.54, 1.807) is 12.1 Å². The molecule has 1 aliphatic rings. The molecule has 0 aromatic heterocycles. The van der Waals surface area contributed by atoms with E-state index in [0.29, 0.717) is 0 Å². The summed E-state index contributed by atoms with van der Waals surface area (Å²) in [4.78, 5) is 7.02. The molecule has 82 valence electrons. The molecule has 15 heavy (non-hydrogen) atoms. The Kier molecular flexibility index (Phi) is 3.18. The van der Waals surface area contributed by atoms with Crippen molar-refractivity contribution in [3.8, 4) is 0 Å². The molecule has 0 amide bonds. The average Bonchev–Trinajstić information content (AvgIpc) is 2.30. The zero-order valence-electron chi connectivity index (χ0n) is 8.53. The van der Waals surface area contributed by atoms with Gasteiger partial charge in [0.05, 0.1) is 6.10 Å². The first-order chi connectivity index (χ1) is 7.29. The average molecular weight is 210 g/mol. The van der Waals surface area contributed by atoms with Crippen molar-refractivity contribution in [2.24, 2.45) is 5.90 Å². The lowest BCUT2D eigenvalue weighted by atomic mass is 10.1. The SMILES string of the molecule is NOC1CCCN(c2ccc(F)cc2)C1. The first-order valence-corrected chi connectivity index (χ1v) is 5.15. The molecule has 1 atom stereocenters. The summed E-state index contributed by atoms with van der Waals surface area (Å²) in [5.41, 5.74) is 1.03. The Morgan fingerprint density at radius 2 is 2.07 bits per heavy atom. The summed E-state index contributed by atoms with van der Waals surface area (Å²) >= 11 is 0. The fourth-order valence-electron chi connectivity index (χ4n) is 1.94. The van der Waals surface area contributed by atoms with Gasteiger partial charge in [-0.2, -0.15) is 0 Å². The van der Waals surface area contributed by atoms with E-state index in [-0.39, 0.29) is 11.9 Å². The zero-order chi connectivity index (χ0) is 10.7. The van der Waals surface area contributed by atoms with Gasteiger partial charge in [-0.05, 0) is 37.1 Å². The number of nitrogens with two attached hydrogens (primary N) is 1. The Hall–Kier alpha value is -1.13. The smallest absolute Gasteiger partial charge is 0.123 e. The number of anilines is 1. The highest BCUT2D eigenvalue weighted by atomic mass is 19.1. The number of hydrogen-bond acceptors (Lipinski definition) is 3. The molecule has 2 rings (SSSR count). The third-order valence-corrected chi connectivity index (χ3v) is 2.76. The van der Waals surface area contributed by atoms with Crippen LogP contribution in [-0.4, -0.2) is 19.2 Å². The molecule has 1 aliphatic heterocycles. The zero-order valence-corrected chi connectivity index (χ0v) is 8.53. The molecule has 1 fully saturated rings. The molecule has 0 bridgehead atoms. The maximum atomic E-state index is 12.7. The largest absolute Gasteiger partial charge is 0.369 e. The highest BCUT2D eigenvalue weighted by Crippen LogP contribution is 2.20. The molecule has 1 aromatic carbocycles. The first-order valence-electron chi connectivity index (χ1n) is 5.15. The van der Waals surface area contributed by atoms with E-state index in [2.05, 4.69) is 4.90 Å². The number of piperidine rings is 1. The van der Waals surface area contributed by atoms with Crippen molar-refractivity contribution in [1.82, 2.24) is 0 Å². The lowest BCUT2D eigenvalue weighted by Gasteiger charge is -2.33. The molecule has 1 aromatic rings. The lowest BCUT2D eigenvalue weighted by molar-refractivity contribution is 0.0435. The van der Waals surface area contributed by atoms with Gasteiger partial charge in [-0.15, -0.1) is 0 Å². The number of nitrogens with zero attached hydrogens (tertiary/aromatic N) is 1. The van der Waals surface area contributed by atoms with Crippen molar-refractivity contribution in [3.05, 3.63) is 30.1 Å². The first kappa shape index (κ1) is 10.4. The summed E-state index contributed by atoms with van der Waals surface area (Å²) in [6.07, 6.45) is 2.14. The van der Waals surface area contributed by atoms with Crippen molar-refractivity contribution in [2.45, 2.75) is 18.9 Å². The highest BCUT2D eigenvalue weighted by molar-refractivity contribution is 5.46. The summed E-state index contributed by atoms with van der Waals surface area (Å²) in [5, 5.41) is 0. The minimum absolute atomic E-state index is 0.0869. The van der Waals surface area contributed by atoms with Crippen LogP contribution < -0.4 is 10.8 Å². The summed E-state index contributed by atoms with van der Waals surface area (Å²) in [5.74, 6) is 4.97. The van der Waals surface area contributed by atoms with Crippen molar-refractivity contribution < 1.29 is 9.23 Å². The monoisotopic (exact) mass is 210 g/mol. The van der Waals surface area contributed by atoms with E-state index in [4.69, 9.17) is 10.7 Å². The molecule has 0 saturated carbocycles. The second kappa shape index (κ2) is 4.59. The fourth-order valence-corrected chi connectivity index (χ4v) is 1.94. The van der Waals surface area contributed by atoms with Crippen LogP contribution in [0.25, 0.3) is 0 Å².